The summed E-state index contributed by atoms with van der Waals surface area (Å²) in [4.78, 5) is 18.2. The summed E-state index contributed by atoms with van der Waals surface area (Å²) in [6, 6.07) is 11.4. The van der Waals surface area contributed by atoms with Crippen molar-refractivity contribution >= 4 is 57.5 Å². The van der Waals surface area contributed by atoms with Gasteiger partial charge in [-0.2, -0.15) is 0 Å². The Hall–Kier alpha value is -1.55. The van der Waals surface area contributed by atoms with Crippen LogP contribution in [-0.4, -0.2) is 42.0 Å². The van der Waals surface area contributed by atoms with Crippen molar-refractivity contribution in [2.24, 2.45) is 12.0 Å². The Bertz CT molecular complexity index is 717. The van der Waals surface area contributed by atoms with Crippen LogP contribution in [0.1, 0.15) is 5.69 Å². The van der Waals surface area contributed by atoms with Crippen LogP contribution in [0, 0.1) is 0 Å². The highest BCUT2D eigenvalue weighted by Crippen LogP contribution is 2.14. The van der Waals surface area contributed by atoms with Gasteiger partial charge in [0.15, 0.2) is 5.96 Å². The van der Waals surface area contributed by atoms with E-state index in [9.17, 15) is 4.79 Å². The highest BCUT2D eigenvalue weighted by Gasteiger charge is 2.11. The first-order valence-electron chi connectivity index (χ1n) is 7.57. The minimum Gasteiger partial charge on any atom is -0.352 e. The van der Waals surface area contributed by atoms with Gasteiger partial charge in [-0.25, -0.2) is 0 Å². The van der Waals surface area contributed by atoms with E-state index >= 15 is 0 Å². The smallest absolute Gasteiger partial charge is 0.243 e. The molecule has 0 saturated carbocycles. The lowest BCUT2D eigenvalue weighted by Crippen LogP contribution is -2.42. The number of nitrogens with one attached hydrogen (secondary N) is 2. The normalized spacial score (nSPS) is 10.8. The van der Waals surface area contributed by atoms with Gasteiger partial charge in [-0.15, -0.1) is 24.0 Å². The first-order chi connectivity index (χ1) is 11.5. The summed E-state index contributed by atoms with van der Waals surface area (Å²) in [5, 5.41) is 5.92. The third-order valence-electron chi connectivity index (χ3n) is 3.51. The number of rotatable bonds is 5. The Balaban J connectivity index is 0.00000312. The maximum Gasteiger partial charge on any atom is 0.243 e. The molecule has 1 aromatic heterocycles. The Morgan fingerprint density at radius 1 is 1.32 bits per heavy atom. The second-order valence-corrected chi connectivity index (χ2v) is 6.35. The van der Waals surface area contributed by atoms with E-state index in [2.05, 4.69) is 42.2 Å². The number of amides is 1. The summed E-state index contributed by atoms with van der Waals surface area (Å²) in [5.74, 6) is 0.549. The predicted octanol–water partition coefficient (Wildman–Crippen LogP) is 3.05. The minimum atomic E-state index is -0.114. The van der Waals surface area contributed by atoms with Gasteiger partial charge in [0.25, 0.3) is 0 Å². The lowest BCUT2D eigenvalue weighted by atomic mass is 10.3. The van der Waals surface area contributed by atoms with Crippen molar-refractivity contribution in [3.63, 3.8) is 0 Å². The average Bonchev–Trinajstić information content (AvgIpc) is 2.86. The van der Waals surface area contributed by atoms with E-state index in [-0.39, 0.29) is 36.4 Å². The molecule has 0 aliphatic rings. The molecular weight excluding hydrogens is 497 g/mol. The molecule has 136 valence electrons. The SMILES string of the molecule is CN=C(NCC(=O)Nc1ccccc1)N(C)Cc1cc(Br)cn1C.I. The second-order valence-electron chi connectivity index (χ2n) is 5.43. The second kappa shape index (κ2) is 10.4. The van der Waals surface area contributed by atoms with Crippen LogP contribution in [0.4, 0.5) is 5.69 Å². The van der Waals surface area contributed by atoms with Gasteiger partial charge in [-0.1, -0.05) is 18.2 Å². The Morgan fingerprint density at radius 3 is 2.56 bits per heavy atom. The number of halogens is 2. The number of para-hydroxylation sites is 1. The maximum absolute atomic E-state index is 12.0. The van der Waals surface area contributed by atoms with Crippen LogP contribution in [-0.2, 0) is 18.4 Å². The lowest BCUT2D eigenvalue weighted by Gasteiger charge is -2.22. The summed E-state index contributed by atoms with van der Waals surface area (Å²) in [7, 11) is 5.64. The fourth-order valence-electron chi connectivity index (χ4n) is 2.31. The van der Waals surface area contributed by atoms with E-state index in [0.717, 1.165) is 15.9 Å². The van der Waals surface area contributed by atoms with Gasteiger partial charge in [0.05, 0.1) is 13.1 Å². The van der Waals surface area contributed by atoms with Gasteiger partial charge in [0, 0.05) is 43.2 Å². The number of hydrogen-bond donors (Lipinski definition) is 2. The van der Waals surface area contributed by atoms with Crippen molar-refractivity contribution in [3.8, 4) is 0 Å². The molecule has 0 spiro atoms. The first-order valence-corrected chi connectivity index (χ1v) is 8.36. The molecule has 8 heteroatoms. The van der Waals surface area contributed by atoms with Crippen molar-refractivity contribution in [1.82, 2.24) is 14.8 Å². The number of carbonyl (C=O) groups excluding carboxylic acids is 1. The van der Waals surface area contributed by atoms with Crippen molar-refractivity contribution in [1.29, 1.82) is 0 Å². The largest absolute Gasteiger partial charge is 0.352 e. The molecule has 2 N–H and O–H groups in total. The highest BCUT2D eigenvalue weighted by atomic mass is 127. The summed E-state index contributed by atoms with van der Waals surface area (Å²) < 4.78 is 3.09. The Labute approximate surface area is 173 Å². The molecule has 0 aliphatic heterocycles. The van der Waals surface area contributed by atoms with Crippen LogP contribution in [0.3, 0.4) is 0 Å². The summed E-state index contributed by atoms with van der Waals surface area (Å²) in [6.07, 6.45) is 2.01. The summed E-state index contributed by atoms with van der Waals surface area (Å²) in [5.41, 5.74) is 1.92. The van der Waals surface area contributed by atoms with E-state index in [1.54, 1.807) is 7.05 Å². The number of benzene rings is 1. The number of anilines is 1. The quantitative estimate of drug-likeness (QED) is 0.362. The van der Waals surface area contributed by atoms with Crippen LogP contribution in [0.25, 0.3) is 0 Å². The number of aliphatic imine (C=N–C) groups is 1. The summed E-state index contributed by atoms with van der Waals surface area (Å²) >= 11 is 3.47. The molecule has 2 rings (SSSR count). The number of carbonyl (C=O) groups is 1. The van der Waals surface area contributed by atoms with Crippen molar-refractivity contribution in [2.75, 3.05) is 26.0 Å². The first kappa shape index (κ1) is 21.5. The molecular formula is C17H23BrIN5O. The van der Waals surface area contributed by atoms with E-state index in [0.29, 0.717) is 12.5 Å². The molecule has 0 bridgehead atoms. The number of aryl methyl sites for hydroxylation is 1. The minimum absolute atomic E-state index is 0. The maximum atomic E-state index is 12.0. The van der Waals surface area contributed by atoms with Gasteiger partial charge in [-0.3, -0.25) is 9.79 Å². The van der Waals surface area contributed by atoms with E-state index < -0.39 is 0 Å². The summed E-state index contributed by atoms with van der Waals surface area (Å²) in [6.45, 7) is 0.838. The van der Waals surface area contributed by atoms with Gasteiger partial charge >= 0.3 is 0 Å². The van der Waals surface area contributed by atoms with Gasteiger partial charge < -0.3 is 20.1 Å². The number of nitrogens with zero attached hydrogens (tertiary/aromatic N) is 3. The van der Waals surface area contributed by atoms with E-state index in [1.807, 2.05) is 55.5 Å². The Morgan fingerprint density at radius 2 is 2.00 bits per heavy atom. The molecule has 0 saturated heterocycles. The molecule has 1 aromatic carbocycles. The fraction of sp³-hybridized carbons (Fsp3) is 0.294. The molecule has 0 radical (unpaired) electrons. The molecule has 0 atom stereocenters. The molecule has 0 aliphatic carbocycles. The molecule has 1 heterocycles. The van der Waals surface area contributed by atoms with Crippen LogP contribution in [0.2, 0.25) is 0 Å². The predicted molar refractivity (Wildman–Crippen MR) is 116 cm³/mol. The highest BCUT2D eigenvalue weighted by molar-refractivity contribution is 14.0. The fourth-order valence-corrected chi connectivity index (χ4v) is 2.88. The standard InChI is InChI=1S/C17H22BrN5O.HI/c1-19-17(23(3)12-15-9-13(18)11-22(15)2)20-10-16(24)21-14-7-5-4-6-8-14;/h4-9,11H,10,12H2,1-3H3,(H,19,20)(H,21,24);1H. The third-order valence-corrected chi connectivity index (χ3v) is 3.95. The zero-order chi connectivity index (χ0) is 17.5. The Kier molecular flexibility index (Phi) is 8.98. The van der Waals surface area contributed by atoms with Gasteiger partial charge in [0.1, 0.15) is 0 Å². The molecule has 2 aromatic rings. The molecule has 0 unspecified atom stereocenters. The van der Waals surface area contributed by atoms with Gasteiger partial charge in [-0.05, 0) is 34.1 Å². The third kappa shape index (κ3) is 6.69. The topological polar surface area (TPSA) is 61.7 Å². The van der Waals surface area contributed by atoms with Crippen LogP contribution in [0.5, 0.6) is 0 Å². The van der Waals surface area contributed by atoms with E-state index in [4.69, 9.17) is 0 Å². The molecule has 25 heavy (non-hydrogen) atoms. The lowest BCUT2D eigenvalue weighted by molar-refractivity contribution is -0.115. The molecule has 6 nitrogen and oxygen atoms in total. The van der Waals surface area contributed by atoms with Crippen molar-refractivity contribution < 1.29 is 4.79 Å². The van der Waals surface area contributed by atoms with Crippen LogP contribution in [0.15, 0.2) is 52.1 Å². The number of hydrogen-bond acceptors (Lipinski definition) is 2. The van der Waals surface area contributed by atoms with Crippen LogP contribution < -0.4 is 10.6 Å². The van der Waals surface area contributed by atoms with Crippen LogP contribution >= 0.6 is 39.9 Å². The number of guanidine groups is 1. The molecule has 0 fully saturated rings. The van der Waals surface area contributed by atoms with Crippen molar-refractivity contribution in [3.05, 3.63) is 52.8 Å². The van der Waals surface area contributed by atoms with Crippen molar-refractivity contribution in [2.45, 2.75) is 6.54 Å². The van der Waals surface area contributed by atoms with E-state index in [1.165, 1.54) is 0 Å². The molecule has 1 amide bonds. The number of aromatic nitrogens is 1. The average molecular weight is 520 g/mol. The zero-order valence-corrected chi connectivity index (χ0v) is 18.4. The van der Waals surface area contributed by atoms with Gasteiger partial charge in [0.2, 0.25) is 5.91 Å². The zero-order valence-electron chi connectivity index (χ0n) is 14.5. The monoisotopic (exact) mass is 519 g/mol.